The van der Waals surface area contributed by atoms with E-state index in [9.17, 15) is 10.1 Å². The fourth-order valence-corrected chi connectivity index (χ4v) is 2.13. The second-order valence-electron chi connectivity index (χ2n) is 4.58. The Balaban J connectivity index is 2.42. The minimum Gasteiger partial charge on any atom is -0.258 e. The van der Waals surface area contributed by atoms with Crippen molar-refractivity contribution in [2.45, 2.75) is 26.3 Å². The van der Waals surface area contributed by atoms with Crippen molar-refractivity contribution in [2.24, 2.45) is 0 Å². The normalized spacial score (nSPS) is 10.9. The van der Waals surface area contributed by atoms with Crippen LogP contribution in [0.1, 0.15) is 31.0 Å². The number of rotatable bonds is 4. The number of hydrogen-bond donors (Lipinski definition) is 0. The van der Waals surface area contributed by atoms with Gasteiger partial charge in [-0.2, -0.15) is 5.10 Å². The van der Waals surface area contributed by atoms with E-state index >= 15 is 0 Å². The molecule has 100 valence electrons. The maximum Gasteiger partial charge on any atom is 0.329 e. The van der Waals surface area contributed by atoms with Gasteiger partial charge in [-0.3, -0.25) is 10.1 Å². The van der Waals surface area contributed by atoms with Gasteiger partial charge in [-0.05, 0) is 5.56 Å². The average molecular weight is 280 g/mol. The van der Waals surface area contributed by atoms with Crippen LogP contribution in [0.15, 0.2) is 30.3 Å². The van der Waals surface area contributed by atoms with E-state index in [2.05, 4.69) is 5.10 Å². The van der Waals surface area contributed by atoms with Gasteiger partial charge in [0.25, 0.3) is 0 Å². The second-order valence-corrected chi connectivity index (χ2v) is 4.94. The fraction of sp³-hybridized carbons (Fsp3) is 0.308. The lowest BCUT2D eigenvalue weighted by atomic mass is 10.1. The first-order chi connectivity index (χ1) is 9.00. The van der Waals surface area contributed by atoms with Crippen LogP contribution in [0.2, 0.25) is 5.15 Å². The van der Waals surface area contributed by atoms with Gasteiger partial charge in [-0.25, -0.2) is 4.68 Å². The molecule has 5 nitrogen and oxygen atoms in total. The van der Waals surface area contributed by atoms with E-state index in [0.717, 1.165) is 5.56 Å². The van der Waals surface area contributed by atoms with E-state index in [-0.39, 0.29) is 16.8 Å². The SMILES string of the molecule is CC(C)c1nn(Cc2ccccc2)c(Cl)c1[N+](=O)[O-]. The first-order valence-electron chi connectivity index (χ1n) is 5.95. The Morgan fingerprint density at radius 1 is 1.37 bits per heavy atom. The van der Waals surface area contributed by atoms with Crippen LogP contribution in [0, 0.1) is 10.1 Å². The molecule has 6 heteroatoms. The Morgan fingerprint density at radius 2 is 2.00 bits per heavy atom. The van der Waals surface area contributed by atoms with Gasteiger partial charge in [-0.1, -0.05) is 55.8 Å². The highest BCUT2D eigenvalue weighted by Crippen LogP contribution is 2.33. The third-order valence-corrected chi connectivity index (χ3v) is 3.17. The summed E-state index contributed by atoms with van der Waals surface area (Å²) in [5.74, 6) is -0.0464. The zero-order valence-corrected chi connectivity index (χ0v) is 11.5. The highest BCUT2D eigenvalue weighted by atomic mass is 35.5. The molecule has 0 aliphatic rings. The van der Waals surface area contributed by atoms with E-state index in [1.807, 2.05) is 44.2 Å². The molecule has 0 fully saturated rings. The van der Waals surface area contributed by atoms with E-state index in [1.54, 1.807) is 0 Å². The summed E-state index contributed by atoms with van der Waals surface area (Å²) in [6.07, 6.45) is 0. The van der Waals surface area contributed by atoms with Crippen molar-refractivity contribution in [3.05, 3.63) is 56.9 Å². The smallest absolute Gasteiger partial charge is 0.258 e. The molecule has 0 atom stereocenters. The predicted molar refractivity (Wildman–Crippen MR) is 73.5 cm³/mol. The molecule has 0 radical (unpaired) electrons. The van der Waals surface area contributed by atoms with Gasteiger partial charge in [0.2, 0.25) is 5.15 Å². The molecule has 19 heavy (non-hydrogen) atoms. The van der Waals surface area contributed by atoms with Crippen LogP contribution in [0.4, 0.5) is 5.69 Å². The third-order valence-electron chi connectivity index (χ3n) is 2.80. The Morgan fingerprint density at radius 3 is 2.47 bits per heavy atom. The summed E-state index contributed by atoms with van der Waals surface area (Å²) >= 11 is 6.08. The molecule has 0 unspecified atom stereocenters. The highest BCUT2D eigenvalue weighted by Gasteiger charge is 2.28. The van der Waals surface area contributed by atoms with Crippen LogP contribution in [0.25, 0.3) is 0 Å². The molecular formula is C13H14ClN3O2. The molecule has 0 amide bonds. The van der Waals surface area contributed by atoms with E-state index in [0.29, 0.717) is 12.2 Å². The summed E-state index contributed by atoms with van der Waals surface area (Å²) in [6, 6.07) is 9.59. The molecule has 2 aromatic rings. The quantitative estimate of drug-likeness (QED) is 0.634. The van der Waals surface area contributed by atoms with Crippen LogP contribution < -0.4 is 0 Å². The van der Waals surface area contributed by atoms with Crippen molar-refractivity contribution < 1.29 is 4.92 Å². The molecule has 2 rings (SSSR count). The Kier molecular flexibility index (Phi) is 3.85. The van der Waals surface area contributed by atoms with Crippen molar-refractivity contribution in [1.29, 1.82) is 0 Å². The van der Waals surface area contributed by atoms with Crippen molar-refractivity contribution >= 4 is 17.3 Å². The Bertz CT molecular complexity index is 593. The first-order valence-corrected chi connectivity index (χ1v) is 6.33. The van der Waals surface area contributed by atoms with Gasteiger partial charge >= 0.3 is 5.69 Å². The Hall–Kier alpha value is -1.88. The van der Waals surface area contributed by atoms with Crippen molar-refractivity contribution in [3.8, 4) is 0 Å². The number of nitrogens with zero attached hydrogens (tertiary/aromatic N) is 3. The lowest BCUT2D eigenvalue weighted by Gasteiger charge is -2.02. The fourth-order valence-electron chi connectivity index (χ4n) is 1.87. The number of benzene rings is 1. The predicted octanol–water partition coefficient (Wildman–Crippen LogP) is 3.62. The maximum atomic E-state index is 11.1. The van der Waals surface area contributed by atoms with Crippen molar-refractivity contribution in [2.75, 3.05) is 0 Å². The van der Waals surface area contributed by atoms with Gasteiger partial charge in [0, 0.05) is 5.92 Å². The molecule has 1 aromatic carbocycles. The van der Waals surface area contributed by atoms with Crippen LogP contribution >= 0.6 is 11.6 Å². The Labute approximate surface area is 116 Å². The molecule has 0 bridgehead atoms. The van der Waals surface area contributed by atoms with Crippen LogP contribution in [0.3, 0.4) is 0 Å². The van der Waals surface area contributed by atoms with Gasteiger partial charge in [0.15, 0.2) is 0 Å². The van der Waals surface area contributed by atoms with Crippen LogP contribution in [-0.4, -0.2) is 14.7 Å². The molecular weight excluding hydrogens is 266 g/mol. The zero-order valence-electron chi connectivity index (χ0n) is 10.7. The first kappa shape index (κ1) is 13.5. The maximum absolute atomic E-state index is 11.1. The number of aromatic nitrogens is 2. The largest absolute Gasteiger partial charge is 0.329 e. The van der Waals surface area contributed by atoms with Crippen LogP contribution in [0.5, 0.6) is 0 Å². The minimum atomic E-state index is -0.466. The van der Waals surface area contributed by atoms with Gasteiger partial charge in [-0.15, -0.1) is 0 Å². The minimum absolute atomic E-state index is 0.0464. The monoisotopic (exact) mass is 279 g/mol. The van der Waals surface area contributed by atoms with Gasteiger partial charge in [0.1, 0.15) is 5.69 Å². The lowest BCUT2D eigenvalue weighted by Crippen LogP contribution is -2.02. The standard InChI is InChI=1S/C13H14ClN3O2/c1-9(2)11-12(17(18)19)13(14)16(15-11)8-10-6-4-3-5-7-10/h3-7,9H,8H2,1-2H3. The van der Waals surface area contributed by atoms with Crippen molar-refractivity contribution in [1.82, 2.24) is 9.78 Å². The lowest BCUT2D eigenvalue weighted by molar-refractivity contribution is -0.385. The highest BCUT2D eigenvalue weighted by molar-refractivity contribution is 6.31. The molecule has 0 N–H and O–H groups in total. The molecule has 0 aliphatic heterocycles. The van der Waals surface area contributed by atoms with Crippen molar-refractivity contribution in [3.63, 3.8) is 0 Å². The number of halogens is 1. The van der Waals surface area contributed by atoms with E-state index in [1.165, 1.54) is 4.68 Å². The number of nitro groups is 1. The average Bonchev–Trinajstić information content (AvgIpc) is 2.68. The summed E-state index contributed by atoms with van der Waals surface area (Å²) in [4.78, 5) is 10.6. The summed E-state index contributed by atoms with van der Waals surface area (Å²) < 4.78 is 1.48. The topological polar surface area (TPSA) is 61.0 Å². The summed E-state index contributed by atoms with van der Waals surface area (Å²) in [7, 11) is 0. The van der Waals surface area contributed by atoms with E-state index in [4.69, 9.17) is 11.6 Å². The second kappa shape index (κ2) is 5.40. The molecule has 1 aromatic heterocycles. The molecule has 0 saturated heterocycles. The number of hydrogen-bond acceptors (Lipinski definition) is 3. The summed E-state index contributed by atoms with van der Waals surface area (Å²) in [5, 5.41) is 15.4. The van der Waals surface area contributed by atoms with E-state index < -0.39 is 4.92 Å². The zero-order chi connectivity index (χ0) is 14.0. The van der Waals surface area contributed by atoms with Gasteiger partial charge in [0.05, 0.1) is 11.5 Å². The van der Waals surface area contributed by atoms with Crippen LogP contribution in [-0.2, 0) is 6.54 Å². The molecule has 0 aliphatic carbocycles. The molecule has 1 heterocycles. The molecule has 0 spiro atoms. The third kappa shape index (κ3) is 2.76. The summed E-state index contributed by atoms with van der Waals surface area (Å²) in [5.41, 5.74) is 1.33. The van der Waals surface area contributed by atoms with Gasteiger partial charge < -0.3 is 0 Å². The summed E-state index contributed by atoms with van der Waals surface area (Å²) in [6.45, 7) is 4.14. The molecule has 0 saturated carbocycles.